The molecule has 5 nitrogen and oxygen atoms in total. The number of amides is 1. The minimum absolute atomic E-state index is 0.0565. The number of rotatable bonds is 8. The lowest BCUT2D eigenvalue weighted by Gasteiger charge is -2.33. The van der Waals surface area contributed by atoms with E-state index in [0.717, 1.165) is 53.2 Å². The van der Waals surface area contributed by atoms with Crippen LogP contribution in [0.25, 0.3) is 5.70 Å². The second-order valence-corrected chi connectivity index (χ2v) is 9.03. The molecule has 0 unspecified atom stereocenters. The van der Waals surface area contributed by atoms with Crippen LogP contribution in [0.15, 0.2) is 83.3 Å². The van der Waals surface area contributed by atoms with Gasteiger partial charge in [-0.15, -0.1) is 12.6 Å². The number of carbonyl (C=O) groups excluding carboxylic acids is 1. The van der Waals surface area contributed by atoms with Gasteiger partial charge in [-0.05, 0) is 65.4 Å². The van der Waals surface area contributed by atoms with Crippen LogP contribution in [-0.2, 0) is 13.0 Å². The zero-order chi connectivity index (χ0) is 23.9. The number of benzene rings is 3. The first-order valence-corrected chi connectivity index (χ1v) is 12.1. The lowest BCUT2D eigenvalue weighted by atomic mass is 9.97. The van der Waals surface area contributed by atoms with Crippen LogP contribution >= 0.6 is 12.6 Å². The van der Waals surface area contributed by atoms with E-state index < -0.39 is 0 Å². The summed E-state index contributed by atoms with van der Waals surface area (Å²) in [5.74, 6) is -0.0565. The van der Waals surface area contributed by atoms with Crippen molar-refractivity contribution >= 4 is 29.9 Å². The third-order valence-electron chi connectivity index (χ3n) is 6.24. The highest BCUT2D eigenvalue weighted by molar-refractivity contribution is 7.80. The molecule has 34 heavy (non-hydrogen) atoms. The Morgan fingerprint density at radius 2 is 1.79 bits per heavy atom. The van der Waals surface area contributed by atoms with Gasteiger partial charge in [0, 0.05) is 55.1 Å². The van der Waals surface area contributed by atoms with Gasteiger partial charge in [0.15, 0.2) is 0 Å². The van der Waals surface area contributed by atoms with E-state index in [1.54, 1.807) is 0 Å². The van der Waals surface area contributed by atoms with Crippen molar-refractivity contribution in [2.24, 2.45) is 5.73 Å². The van der Waals surface area contributed by atoms with Crippen LogP contribution in [-0.4, -0.2) is 32.6 Å². The first-order valence-electron chi connectivity index (χ1n) is 11.7. The highest BCUT2D eigenvalue weighted by Crippen LogP contribution is 2.29. The fourth-order valence-corrected chi connectivity index (χ4v) is 4.63. The number of hydrogen-bond acceptors (Lipinski definition) is 5. The molecule has 0 saturated carbocycles. The average Bonchev–Trinajstić information content (AvgIpc) is 2.88. The summed E-state index contributed by atoms with van der Waals surface area (Å²) in [7, 11) is 1.94. The maximum absolute atomic E-state index is 12.8. The molecular formula is C28H32N4OS. The number of thiol groups is 1. The highest BCUT2D eigenvalue weighted by atomic mass is 32.1. The highest BCUT2D eigenvalue weighted by Gasteiger charge is 2.20. The monoisotopic (exact) mass is 472 g/mol. The summed E-state index contributed by atoms with van der Waals surface area (Å²) in [4.78, 5) is 16.1. The van der Waals surface area contributed by atoms with E-state index in [1.807, 2.05) is 61.6 Å². The summed E-state index contributed by atoms with van der Waals surface area (Å²) in [5, 5.41) is 6.38. The third kappa shape index (κ3) is 5.64. The fourth-order valence-electron chi connectivity index (χ4n) is 4.48. The summed E-state index contributed by atoms with van der Waals surface area (Å²) in [5.41, 5.74) is 13.7. The van der Waals surface area contributed by atoms with Crippen molar-refractivity contribution in [1.29, 1.82) is 0 Å². The van der Waals surface area contributed by atoms with Gasteiger partial charge in [0.25, 0.3) is 5.91 Å². The normalized spacial score (nSPS) is 13.7. The molecule has 3 aromatic carbocycles. The van der Waals surface area contributed by atoms with Crippen molar-refractivity contribution in [3.63, 3.8) is 0 Å². The summed E-state index contributed by atoms with van der Waals surface area (Å²) >= 11 is 4.31. The second-order valence-electron chi connectivity index (χ2n) is 8.52. The predicted molar refractivity (Wildman–Crippen MR) is 143 cm³/mol. The Labute approximate surface area is 207 Å². The standard InChI is InChI=1S/C28H32N4OS/c1-30-27(21-6-3-2-4-7-21)24(17-29)19-32-15-5-8-22-16-23(11-14-26(22)32)28(33)31-18-20-9-12-25(34)13-10-20/h2-4,6-7,9-14,16,30,34H,5,8,15,17-19,29H2,1H3,(H,31,33)/b27-24+. The van der Waals surface area contributed by atoms with Crippen LogP contribution in [0.4, 0.5) is 5.69 Å². The molecule has 4 rings (SSSR count). The molecule has 0 aromatic heterocycles. The minimum Gasteiger partial charge on any atom is -0.388 e. The summed E-state index contributed by atoms with van der Waals surface area (Å²) in [6.45, 7) is 2.69. The van der Waals surface area contributed by atoms with Gasteiger partial charge >= 0.3 is 0 Å². The van der Waals surface area contributed by atoms with Crippen molar-refractivity contribution in [1.82, 2.24) is 10.6 Å². The third-order valence-corrected chi connectivity index (χ3v) is 6.54. The maximum Gasteiger partial charge on any atom is 0.251 e. The second kappa shape index (κ2) is 11.3. The van der Waals surface area contributed by atoms with Crippen molar-refractivity contribution in [3.05, 3.63) is 101 Å². The van der Waals surface area contributed by atoms with Crippen LogP contribution in [0.2, 0.25) is 0 Å². The molecule has 0 bridgehead atoms. The molecule has 1 heterocycles. The van der Waals surface area contributed by atoms with E-state index in [-0.39, 0.29) is 5.91 Å². The van der Waals surface area contributed by atoms with Gasteiger partial charge in [0.05, 0.1) is 0 Å². The van der Waals surface area contributed by atoms with Gasteiger partial charge in [0.2, 0.25) is 0 Å². The molecule has 176 valence electrons. The maximum atomic E-state index is 12.8. The number of nitrogens with two attached hydrogens (primary N) is 1. The number of nitrogens with one attached hydrogen (secondary N) is 2. The quantitative estimate of drug-likeness (QED) is 0.370. The summed E-state index contributed by atoms with van der Waals surface area (Å²) in [6.07, 6.45) is 2.02. The van der Waals surface area contributed by atoms with Crippen LogP contribution in [0.5, 0.6) is 0 Å². The lowest BCUT2D eigenvalue weighted by Crippen LogP contribution is -2.34. The fraction of sp³-hybridized carbons (Fsp3) is 0.250. The van der Waals surface area contributed by atoms with Crippen LogP contribution in [0.1, 0.15) is 33.5 Å². The van der Waals surface area contributed by atoms with E-state index in [2.05, 4.69) is 46.4 Å². The lowest BCUT2D eigenvalue weighted by molar-refractivity contribution is 0.0951. The molecule has 6 heteroatoms. The van der Waals surface area contributed by atoms with Crippen molar-refractivity contribution in [2.75, 3.05) is 31.6 Å². The van der Waals surface area contributed by atoms with E-state index in [4.69, 9.17) is 5.73 Å². The molecule has 0 fully saturated rings. The van der Waals surface area contributed by atoms with Crippen LogP contribution in [0, 0.1) is 0 Å². The number of aryl methyl sites for hydroxylation is 1. The zero-order valence-corrected chi connectivity index (χ0v) is 20.4. The van der Waals surface area contributed by atoms with E-state index in [1.165, 1.54) is 11.3 Å². The van der Waals surface area contributed by atoms with Gasteiger partial charge in [-0.2, -0.15) is 0 Å². The van der Waals surface area contributed by atoms with E-state index >= 15 is 0 Å². The molecule has 1 aliphatic heterocycles. The van der Waals surface area contributed by atoms with Crippen molar-refractivity contribution in [3.8, 4) is 0 Å². The zero-order valence-electron chi connectivity index (χ0n) is 19.6. The van der Waals surface area contributed by atoms with Gasteiger partial charge in [-0.25, -0.2) is 0 Å². The van der Waals surface area contributed by atoms with Gasteiger partial charge in [-0.3, -0.25) is 4.79 Å². The largest absolute Gasteiger partial charge is 0.388 e. The van der Waals surface area contributed by atoms with Crippen LogP contribution in [0.3, 0.4) is 0 Å². The molecule has 1 aliphatic rings. The average molecular weight is 473 g/mol. The topological polar surface area (TPSA) is 70.4 Å². The summed E-state index contributed by atoms with van der Waals surface area (Å²) < 4.78 is 0. The molecule has 0 atom stereocenters. The first kappa shape index (κ1) is 23.9. The van der Waals surface area contributed by atoms with Gasteiger partial charge in [-0.1, -0.05) is 42.5 Å². The number of carbonyl (C=O) groups is 1. The Morgan fingerprint density at radius 3 is 2.50 bits per heavy atom. The SMILES string of the molecule is CN/C(=C(\CN)CN1CCCc2cc(C(=O)NCc3ccc(S)cc3)ccc21)c1ccccc1. The Balaban J connectivity index is 1.50. The Morgan fingerprint density at radius 1 is 1.03 bits per heavy atom. The Bertz CT molecular complexity index is 1160. The van der Waals surface area contributed by atoms with Crippen molar-refractivity contribution in [2.45, 2.75) is 24.3 Å². The Kier molecular flexibility index (Phi) is 7.93. The number of fused-ring (bicyclic) bond motifs is 1. The molecule has 3 aromatic rings. The van der Waals surface area contributed by atoms with E-state index in [0.29, 0.717) is 18.7 Å². The van der Waals surface area contributed by atoms with Gasteiger partial charge in [0.1, 0.15) is 0 Å². The predicted octanol–water partition coefficient (Wildman–Crippen LogP) is 4.25. The molecular weight excluding hydrogens is 440 g/mol. The number of anilines is 1. The first-order chi connectivity index (χ1) is 16.6. The smallest absolute Gasteiger partial charge is 0.251 e. The summed E-state index contributed by atoms with van der Waals surface area (Å²) in [6, 6.07) is 24.2. The molecule has 4 N–H and O–H groups in total. The van der Waals surface area contributed by atoms with Crippen LogP contribution < -0.4 is 21.3 Å². The number of nitrogens with zero attached hydrogens (tertiary/aromatic N) is 1. The minimum atomic E-state index is -0.0565. The molecule has 0 spiro atoms. The van der Waals surface area contributed by atoms with Gasteiger partial charge < -0.3 is 21.3 Å². The Hall–Kier alpha value is -3.22. The molecule has 1 amide bonds. The van der Waals surface area contributed by atoms with Crippen molar-refractivity contribution < 1.29 is 4.79 Å². The molecule has 0 saturated heterocycles. The molecule has 0 radical (unpaired) electrons. The molecule has 0 aliphatic carbocycles. The van der Waals surface area contributed by atoms with E-state index in [9.17, 15) is 4.79 Å². The number of hydrogen-bond donors (Lipinski definition) is 4.